The van der Waals surface area contributed by atoms with Crippen molar-refractivity contribution >= 4 is 22.8 Å². The number of hydrogen-bond donors (Lipinski definition) is 0. The van der Waals surface area contributed by atoms with Crippen molar-refractivity contribution in [3.05, 3.63) is 35.3 Å². The van der Waals surface area contributed by atoms with Crippen molar-refractivity contribution in [3.8, 4) is 0 Å². The van der Waals surface area contributed by atoms with Crippen LogP contribution < -0.4 is 0 Å². The summed E-state index contributed by atoms with van der Waals surface area (Å²) < 4.78 is 24.7. The lowest BCUT2D eigenvalue weighted by molar-refractivity contribution is -0.159. The number of carbonyl (C=O) groups excluding carboxylic acids is 2. The van der Waals surface area contributed by atoms with Crippen LogP contribution in [0.25, 0.3) is 11.0 Å². The van der Waals surface area contributed by atoms with Crippen LogP contribution in [0.5, 0.6) is 0 Å². The van der Waals surface area contributed by atoms with Gasteiger partial charge < -0.3 is 19.0 Å². The van der Waals surface area contributed by atoms with Gasteiger partial charge in [0, 0.05) is 31.1 Å². The number of morpholine rings is 1. The molecule has 0 N–H and O–H groups in total. The summed E-state index contributed by atoms with van der Waals surface area (Å²) in [6.45, 7) is 2.79. The first-order valence-electron chi connectivity index (χ1n) is 8.31. The summed E-state index contributed by atoms with van der Waals surface area (Å²) in [5, 5.41) is 0.603. The fourth-order valence-corrected chi connectivity index (χ4v) is 3.67. The molecule has 2 fully saturated rings. The Kier molecular flexibility index (Phi) is 3.76. The van der Waals surface area contributed by atoms with Crippen molar-refractivity contribution in [2.75, 3.05) is 26.7 Å². The number of hydrogen-bond acceptors (Lipinski definition) is 4. The Morgan fingerprint density at radius 3 is 2.96 bits per heavy atom. The van der Waals surface area contributed by atoms with E-state index < -0.39 is 0 Å². The third-order valence-corrected chi connectivity index (χ3v) is 5.21. The number of likely N-dealkylation sites (N-methyl/N-ethyl adjacent to an activating group) is 1. The quantitative estimate of drug-likeness (QED) is 0.792. The summed E-state index contributed by atoms with van der Waals surface area (Å²) in [6, 6.07) is 4.06. The maximum absolute atomic E-state index is 13.5. The van der Waals surface area contributed by atoms with Crippen molar-refractivity contribution in [3.63, 3.8) is 0 Å². The molecule has 6 nitrogen and oxygen atoms in total. The molecule has 7 heteroatoms. The van der Waals surface area contributed by atoms with E-state index in [-0.39, 0.29) is 42.1 Å². The average Bonchev–Trinajstić information content (AvgIpc) is 2.94. The molecule has 4 rings (SSSR count). The summed E-state index contributed by atoms with van der Waals surface area (Å²) in [7, 11) is 1.74. The first kappa shape index (κ1) is 16.1. The fourth-order valence-electron chi connectivity index (χ4n) is 3.67. The number of furan rings is 1. The topological polar surface area (TPSA) is 63.0 Å². The number of rotatable bonds is 1. The highest BCUT2D eigenvalue weighted by atomic mass is 19.1. The van der Waals surface area contributed by atoms with Gasteiger partial charge in [-0.05, 0) is 31.5 Å². The molecule has 0 spiro atoms. The fraction of sp³-hybridized carbons (Fsp3) is 0.444. The second-order valence-corrected chi connectivity index (χ2v) is 6.66. The molecule has 1 aromatic heterocycles. The van der Waals surface area contributed by atoms with E-state index in [1.165, 1.54) is 18.2 Å². The van der Waals surface area contributed by atoms with Gasteiger partial charge in [-0.15, -0.1) is 0 Å². The maximum atomic E-state index is 13.5. The summed E-state index contributed by atoms with van der Waals surface area (Å²) >= 11 is 0. The van der Waals surface area contributed by atoms with Crippen molar-refractivity contribution in [1.82, 2.24) is 9.80 Å². The molecule has 0 aliphatic carbocycles. The molecule has 1 aromatic carbocycles. The van der Waals surface area contributed by atoms with E-state index in [0.717, 1.165) is 0 Å². The van der Waals surface area contributed by atoms with Gasteiger partial charge in [-0.25, -0.2) is 4.39 Å². The van der Waals surface area contributed by atoms with Crippen LogP contribution in [0.1, 0.15) is 22.5 Å². The van der Waals surface area contributed by atoms with Gasteiger partial charge in [-0.1, -0.05) is 0 Å². The average molecular weight is 346 g/mol. The SMILES string of the molecule is Cc1c(C(=O)N2CC[C@H]3OCC(=O)N(C)[C@H]3C2)oc2ccc(F)cc12. The largest absolute Gasteiger partial charge is 0.451 e. The van der Waals surface area contributed by atoms with Crippen LogP contribution in [-0.4, -0.2) is 60.5 Å². The number of nitrogens with zero attached hydrogens (tertiary/aromatic N) is 2. The van der Waals surface area contributed by atoms with E-state index >= 15 is 0 Å². The minimum atomic E-state index is -0.365. The lowest BCUT2D eigenvalue weighted by Gasteiger charge is -2.45. The molecule has 2 atom stereocenters. The van der Waals surface area contributed by atoms with Gasteiger partial charge >= 0.3 is 0 Å². The lowest BCUT2D eigenvalue weighted by Crippen LogP contribution is -2.61. The normalized spacial score (nSPS) is 23.9. The van der Waals surface area contributed by atoms with E-state index in [2.05, 4.69) is 0 Å². The van der Waals surface area contributed by atoms with E-state index in [4.69, 9.17) is 9.15 Å². The molecule has 2 aliphatic heterocycles. The Bertz CT molecular complexity index is 862. The van der Waals surface area contributed by atoms with Crippen LogP contribution in [0.15, 0.2) is 22.6 Å². The Morgan fingerprint density at radius 1 is 1.36 bits per heavy atom. The Hall–Kier alpha value is -2.41. The number of amides is 2. The van der Waals surface area contributed by atoms with Gasteiger partial charge in [0.05, 0.1) is 12.1 Å². The minimum Gasteiger partial charge on any atom is -0.451 e. The number of carbonyl (C=O) groups is 2. The molecule has 0 radical (unpaired) electrons. The third-order valence-electron chi connectivity index (χ3n) is 5.21. The van der Waals surface area contributed by atoms with Crippen LogP contribution in [-0.2, 0) is 9.53 Å². The Morgan fingerprint density at radius 2 is 2.16 bits per heavy atom. The first-order valence-corrected chi connectivity index (χ1v) is 8.31. The highest BCUT2D eigenvalue weighted by Gasteiger charge is 2.40. The van der Waals surface area contributed by atoms with Crippen LogP contribution in [0, 0.1) is 12.7 Å². The molecular formula is C18H19FN2O4. The van der Waals surface area contributed by atoms with Gasteiger partial charge in [0.2, 0.25) is 5.91 Å². The molecular weight excluding hydrogens is 327 g/mol. The van der Waals surface area contributed by atoms with E-state index in [1.807, 2.05) is 0 Å². The second-order valence-electron chi connectivity index (χ2n) is 6.66. The van der Waals surface area contributed by atoms with Gasteiger partial charge in [-0.2, -0.15) is 0 Å². The zero-order valence-corrected chi connectivity index (χ0v) is 14.1. The zero-order chi connectivity index (χ0) is 17.7. The zero-order valence-electron chi connectivity index (χ0n) is 14.1. The van der Waals surface area contributed by atoms with Crippen molar-refractivity contribution in [2.24, 2.45) is 0 Å². The minimum absolute atomic E-state index is 0.0439. The number of fused-ring (bicyclic) bond motifs is 2. The second kappa shape index (κ2) is 5.84. The van der Waals surface area contributed by atoms with E-state index in [1.54, 1.807) is 23.8 Å². The Labute approximate surface area is 144 Å². The predicted octanol–water partition coefficient (Wildman–Crippen LogP) is 1.95. The van der Waals surface area contributed by atoms with Crippen LogP contribution in [0.4, 0.5) is 4.39 Å². The molecule has 2 aliphatic rings. The molecule has 2 saturated heterocycles. The number of benzene rings is 1. The number of piperidine rings is 1. The van der Waals surface area contributed by atoms with Crippen LogP contribution >= 0.6 is 0 Å². The van der Waals surface area contributed by atoms with Crippen molar-refractivity contribution in [2.45, 2.75) is 25.5 Å². The number of ether oxygens (including phenoxy) is 1. The maximum Gasteiger partial charge on any atom is 0.289 e. The number of likely N-dealkylation sites (tertiary alicyclic amines) is 1. The summed E-state index contributed by atoms with van der Waals surface area (Å²) in [4.78, 5) is 28.1. The molecule has 25 heavy (non-hydrogen) atoms. The standard InChI is InChI=1S/C18H19FN2O4/c1-10-12-7-11(19)3-4-14(12)25-17(10)18(23)21-6-5-15-13(8-21)20(2)16(22)9-24-15/h3-4,7,13,15H,5-6,8-9H2,1-2H3/t13-,15+/m0/s1. The highest BCUT2D eigenvalue weighted by molar-refractivity contribution is 5.99. The highest BCUT2D eigenvalue weighted by Crippen LogP contribution is 2.29. The number of halogens is 1. The summed E-state index contributed by atoms with van der Waals surface area (Å²) in [5.74, 6) is -0.453. The summed E-state index contributed by atoms with van der Waals surface area (Å²) in [5.41, 5.74) is 1.12. The van der Waals surface area contributed by atoms with Crippen molar-refractivity contribution in [1.29, 1.82) is 0 Å². The molecule has 0 bridgehead atoms. The predicted molar refractivity (Wildman–Crippen MR) is 87.7 cm³/mol. The van der Waals surface area contributed by atoms with E-state index in [0.29, 0.717) is 36.0 Å². The van der Waals surface area contributed by atoms with E-state index in [9.17, 15) is 14.0 Å². The van der Waals surface area contributed by atoms with Gasteiger partial charge in [0.1, 0.15) is 18.0 Å². The molecule has 3 heterocycles. The monoisotopic (exact) mass is 346 g/mol. The smallest absolute Gasteiger partial charge is 0.289 e. The van der Waals surface area contributed by atoms with Crippen LogP contribution in [0.2, 0.25) is 0 Å². The number of aryl methyl sites for hydroxylation is 1. The van der Waals surface area contributed by atoms with Gasteiger partial charge in [0.25, 0.3) is 5.91 Å². The van der Waals surface area contributed by atoms with Gasteiger partial charge in [0.15, 0.2) is 5.76 Å². The molecule has 132 valence electrons. The molecule has 2 amide bonds. The van der Waals surface area contributed by atoms with Gasteiger partial charge in [-0.3, -0.25) is 9.59 Å². The molecule has 2 aromatic rings. The lowest BCUT2D eigenvalue weighted by atomic mass is 9.98. The third kappa shape index (κ3) is 2.59. The first-order chi connectivity index (χ1) is 12.0. The molecule has 0 unspecified atom stereocenters. The van der Waals surface area contributed by atoms with Crippen LogP contribution in [0.3, 0.4) is 0 Å². The Balaban J connectivity index is 1.61. The molecule has 0 saturated carbocycles. The van der Waals surface area contributed by atoms with Crippen molar-refractivity contribution < 1.29 is 23.1 Å². The summed E-state index contributed by atoms with van der Waals surface area (Å²) in [6.07, 6.45) is 0.625.